The van der Waals surface area contributed by atoms with Crippen molar-refractivity contribution in [3.63, 3.8) is 0 Å². The maximum Gasteiger partial charge on any atom is 0.361 e. The molecule has 0 spiro atoms. The molecule has 1 heterocycles. The van der Waals surface area contributed by atoms with E-state index in [1.54, 1.807) is 4.68 Å². The summed E-state index contributed by atoms with van der Waals surface area (Å²) in [5.41, 5.74) is 0.561. The molecule has 13 heavy (non-hydrogen) atoms. The molecule has 0 saturated carbocycles. The van der Waals surface area contributed by atoms with E-state index in [1.165, 1.54) is 6.33 Å². The SMILES string of the molecule is O=c1ncn(-c2ccccc2)[nH]1.[Na]. The van der Waals surface area contributed by atoms with Gasteiger partial charge in [-0.3, -0.25) is 0 Å². The van der Waals surface area contributed by atoms with Gasteiger partial charge in [0.25, 0.3) is 0 Å². The Hall–Kier alpha value is -0.840. The predicted molar refractivity (Wildman–Crippen MR) is 49.9 cm³/mol. The fraction of sp³-hybridized carbons (Fsp3) is 0. The summed E-state index contributed by atoms with van der Waals surface area (Å²) in [4.78, 5) is 14.2. The number of H-pyrrole nitrogens is 1. The van der Waals surface area contributed by atoms with Crippen molar-refractivity contribution in [1.29, 1.82) is 0 Å². The number of rotatable bonds is 1. The Morgan fingerprint density at radius 3 is 2.46 bits per heavy atom. The minimum atomic E-state index is -0.334. The maximum absolute atomic E-state index is 10.7. The van der Waals surface area contributed by atoms with E-state index in [0.717, 1.165) is 5.69 Å². The van der Waals surface area contributed by atoms with Gasteiger partial charge in [0.1, 0.15) is 6.33 Å². The van der Waals surface area contributed by atoms with E-state index >= 15 is 0 Å². The summed E-state index contributed by atoms with van der Waals surface area (Å²) in [5.74, 6) is 0. The van der Waals surface area contributed by atoms with E-state index in [-0.39, 0.29) is 35.2 Å². The number of nitrogens with zero attached hydrogens (tertiary/aromatic N) is 2. The molecule has 4 nitrogen and oxygen atoms in total. The van der Waals surface area contributed by atoms with Crippen LogP contribution in [0.5, 0.6) is 0 Å². The Labute approximate surface area is 96.9 Å². The molecule has 0 saturated heterocycles. The summed E-state index contributed by atoms with van der Waals surface area (Å²) in [5, 5.41) is 2.54. The fourth-order valence-corrected chi connectivity index (χ4v) is 0.991. The molecule has 0 aliphatic carbocycles. The summed E-state index contributed by atoms with van der Waals surface area (Å²) < 4.78 is 1.57. The third kappa shape index (κ3) is 2.30. The molecular weight excluding hydrogens is 177 g/mol. The van der Waals surface area contributed by atoms with Crippen LogP contribution in [0.2, 0.25) is 0 Å². The van der Waals surface area contributed by atoms with Crippen LogP contribution in [0.1, 0.15) is 0 Å². The Kier molecular flexibility index (Phi) is 3.48. The molecule has 0 aliphatic rings. The first-order chi connectivity index (χ1) is 5.86. The molecule has 0 unspecified atom stereocenters. The second-order valence-corrected chi connectivity index (χ2v) is 2.37. The molecule has 0 bridgehead atoms. The van der Waals surface area contributed by atoms with Crippen LogP contribution in [0.25, 0.3) is 5.69 Å². The standard InChI is InChI=1S/C8H7N3O.Na/c12-8-9-6-11(10-8)7-4-2-1-3-5-7;/h1-6H,(H,10,12);. The zero-order valence-electron chi connectivity index (χ0n) is 7.27. The van der Waals surface area contributed by atoms with Gasteiger partial charge in [-0.15, -0.1) is 0 Å². The van der Waals surface area contributed by atoms with Crippen molar-refractivity contribution in [2.75, 3.05) is 0 Å². The van der Waals surface area contributed by atoms with Gasteiger partial charge in [-0.2, -0.15) is 4.98 Å². The van der Waals surface area contributed by atoms with Crippen molar-refractivity contribution in [3.05, 3.63) is 47.1 Å². The molecule has 0 amide bonds. The Morgan fingerprint density at radius 1 is 1.23 bits per heavy atom. The first-order valence-electron chi connectivity index (χ1n) is 3.55. The van der Waals surface area contributed by atoms with Crippen LogP contribution in [0, 0.1) is 0 Å². The van der Waals surface area contributed by atoms with Crippen LogP contribution >= 0.6 is 0 Å². The smallest absolute Gasteiger partial charge is 0.244 e. The third-order valence-electron chi connectivity index (χ3n) is 1.54. The second-order valence-electron chi connectivity index (χ2n) is 2.37. The zero-order valence-corrected chi connectivity index (χ0v) is 9.27. The summed E-state index contributed by atoms with van der Waals surface area (Å²) in [6, 6.07) is 9.48. The van der Waals surface area contributed by atoms with Crippen molar-refractivity contribution >= 4 is 29.6 Å². The molecule has 1 aromatic heterocycles. The monoisotopic (exact) mass is 184 g/mol. The van der Waals surface area contributed by atoms with E-state index in [1.807, 2.05) is 30.3 Å². The first kappa shape index (κ1) is 10.2. The molecule has 0 aliphatic heterocycles. The fourth-order valence-electron chi connectivity index (χ4n) is 0.991. The van der Waals surface area contributed by atoms with Gasteiger partial charge in [0, 0.05) is 29.6 Å². The number of aromatic nitrogens is 3. The van der Waals surface area contributed by atoms with E-state index in [9.17, 15) is 4.79 Å². The number of para-hydroxylation sites is 1. The molecule has 1 aromatic carbocycles. The van der Waals surface area contributed by atoms with Crippen molar-refractivity contribution < 1.29 is 0 Å². The van der Waals surface area contributed by atoms with Gasteiger partial charge >= 0.3 is 5.69 Å². The van der Waals surface area contributed by atoms with E-state index in [4.69, 9.17) is 0 Å². The topological polar surface area (TPSA) is 50.7 Å². The van der Waals surface area contributed by atoms with Crippen molar-refractivity contribution in [2.45, 2.75) is 0 Å². The first-order valence-corrected chi connectivity index (χ1v) is 3.55. The van der Waals surface area contributed by atoms with Crippen LogP contribution in [-0.4, -0.2) is 44.3 Å². The second kappa shape index (κ2) is 4.41. The zero-order chi connectivity index (χ0) is 8.39. The van der Waals surface area contributed by atoms with Crippen molar-refractivity contribution in [3.8, 4) is 5.69 Å². The van der Waals surface area contributed by atoms with E-state index < -0.39 is 0 Å². The Balaban J connectivity index is 0.000000845. The van der Waals surface area contributed by atoms with Crippen LogP contribution in [-0.2, 0) is 0 Å². The predicted octanol–water partition coefficient (Wildman–Crippen LogP) is 0.180. The van der Waals surface area contributed by atoms with Crippen LogP contribution in [0.15, 0.2) is 41.5 Å². The van der Waals surface area contributed by atoms with Gasteiger partial charge in [-0.05, 0) is 12.1 Å². The van der Waals surface area contributed by atoms with Crippen molar-refractivity contribution in [2.24, 2.45) is 0 Å². The molecule has 0 fully saturated rings. The Bertz CT molecular complexity index is 420. The molecule has 0 atom stereocenters. The number of benzene rings is 1. The summed E-state index contributed by atoms with van der Waals surface area (Å²) >= 11 is 0. The van der Waals surface area contributed by atoms with Gasteiger partial charge < -0.3 is 0 Å². The summed E-state index contributed by atoms with van der Waals surface area (Å²) in [6.45, 7) is 0. The maximum atomic E-state index is 10.7. The van der Waals surface area contributed by atoms with Crippen LogP contribution < -0.4 is 5.69 Å². The number of hydrogen-bond donors (Lipinski definition) is 1. The summed E-state index contributed by atoms with van der Waals surface area (Å²) in [7, 11) is 0. The molecule has 2 rings (SSSR count). The minimum Gasteiger partial charge on any atom is -0.244 e. The van der Waals surface area contributed by atoms with Crippen molar-refractivity contribution in [1.82, 2.24) is 14.8 Å². The molecule has 5 heteroatoms. The summed E-state index contributed by atoms with van der Waals surface area (Å²) in [6.07, 6.45) is 1.46. The van der Waals surface area contributed by atoms with Gasteiger partial charge in [-0.1, -0.05) is 18.2 Å². The van der Waals surface area contributed by atoms with Crippen LogP contribution in [0.4, 0.5) is 0 Å². The largest absolute Gasteiger partial charge is 0.361 e. The normalized spacial score (nSPS) is 9.23. The molecular formula is C8H7N3NaO. The van der Waals surface area contributed by atoms with Gasteiger partial charge in [0.15, 0.2) is 0 Å². The number of aromatic amines is 1. The van der Waals surface area contributed by atoms with Crippen LogP contribution in [0.3, 0.4) is 0 Å². The van der Waals surface area contributed by atoms with Gasteiger partial charge in [-0.25, -0.2) is 14.6 Å². The number of nitrogens with one attached hydrogen (secondary N) is 1. The van der Waals surface area contributed by atoms with Gasteiger partial charge in [0.05, 0.1) is 5.69 Å². The van der Waals surface area contributed by atoms with E-state index in [0.29, 0.717) is 0 Å². The Morgan fingerprint density at radius 2 is 1.92 bits per heavy atom. The molecule has 2 aromatic rings. The quantitative estimate of drug-likeness (QED) is 0.643. The van der Waals surface area contributed by atoms with Gasteiger partial charge in [0.2, 0.25) is 0 Å². The average Bonchev–Trinajstić information content (AvgIpc) is 2.54. The molecule has 61 valence electrons. The number of hydrogen-bond acceptors (Lipinski definition) is 2. The minimum absolute atomic E-state index is 0. The average molecular weight is 184 g/mol. The third-order valence-corrected chi connectivity index (χ3v) is 1.54. The molecule has 1 N–H and O–H groups in total. The molecule has 1 radical (unpaired) electrons. The van der Waals surface area contributed by atoms with E-state index in [2.05, 4.69) is 10.1 Å².